The van der Waals surface area contributed by atoms with Gasteiger partial charge in [0.1, 0.15) is 0 Å². The van der Waals surface area contributed by atoms with E-state index in [0.29, 0.717) is 0 Å². The zero-order chi connectivity index (χ0) is 30.7. The summed E-state index contributed by atoms with van der Waals surface area (Å²) < 4.78 is 0. The molecule has 6 nitrogen and oxygen atoms in total. The minimum atomic E-state index is 0.733. The molecule has 0 radical (unpaired) electrons. The Balaban J connectivity index is 0.000000175. The van der Waals surface area contributed by atoms with Gasteiger partial charge in [0.25, 0.3) is 0 Å². The van der Waals surface area contributed by atoms with E-state index in [4.69, 9.17) is 22.9 Å². The lowest BCUT2D eigenvalue weighted by Crippen LogP contribution is -1.99. The standard InChI is InChI=1S/C20H20N2.C18H16N4/c21-19-9-5-17(6-10-19)13-15-1-2-16(4-3-15)14-18-7-11-20(22)12-8-18;19-13-1-5-15(6-2-13)21-17-9-11-18(12-10-17)22-16-7-3-14(20)4-8-16/h1-12H,13-14,21-22H2;1-12H,19-20H2. The summed E-state index contributed by atoms with van der Waals surface area (Å²) in [5.41, 5.74) is 34.5. The minimum Gasteiger partial charge on any atom is -0.399 e. The molecule has 218 valence electrons. The fraction of sp³-hybridized carbons (Fsp3) is 0.0526. The van der Waals surface area contributed by atoms with Gasteiger partial charge in [-0.2, -0.15) is 0 Å². The van der Waals surface area contributed by atoms with Crippen LogP contribution >= 0.6 is 0 Å². The molecule has 0 fully saturated rings. The van der Waals surface area contributed by atoms with Crippen molar-refractivity contribution in [3.05, 3.63) is 168 Å². The summed E-state index contributed by atoms with van der Waals surface area (Å²) in [5.74, 6) is 0. The van der Waals surface area contributed by atoms with Crippen molar-refractivity contribution in [1.82, 2.24) is 0 Å². The molecule has 5 aromatic carbocycles. The van der Waals surface area contributed by atoms with Crippen LogP contribution in [-0.4, -0.2) is 11.4 Å². The molecule has 8 N–H and O–H groups in total. The van der Waals surface area contributed by atoms with E-state index >= 15 is 0 Å². The molecule has 0 saturated heterocycles. The lowest BCUT2D eigenvalue weighted by Gasteiger charge is -2.06. The first-order valence-corrected chi connectivity index (χ1v) is 14.4. The predicted octanol–water partition coefficient (Wildman–Crippen LogP) is 7.85. The van der Waals surface area contributed by atoms with Crippen LogP contribution in [0.15, 0.2) is 156 Å². The molecule has 6 rings (SSSR count). The van der Waals surface area contributed by atoms with Crippen LogP contribution < -0.4 is 22.9 Å². The average molecular weight is 577 g/mol. The van der Waals surface area contributed by atoms with E-state index in [-0.39, 0.29) is 0 Å². The highest BCUT2D eigenvalue weighted by molar-refractivity contribution is 6.19. The number of hydrogen-bond donors (Lipinski definition) is 4. The summed E-state index contributed by atoms with van der Waals surface area (Å²) in [6.45, 7) is 0. The lowest BCUT2D eigenvalue weighted by molar-refractivity contribution is 1.15. The maximum Gasteiger partial charge on any atom is 0.0638 e. The maximum absolute atomic E-state index is 5.71. The molecule has 0 unspecified atom stereocenters. The van der Waals surface area contributed by atoms with Gasteiger partial charge in [-0.15, -0.1) is 0 Å². The monoisotopic (exact) mass is 576 g/mol. The third-order valence-corrected chi connectivity index (χ3v) is 6.95. The molecule has 1 aliphatic rings. The van der Waals surface area contributed by atoms with Crippen LogP contribution in [0, 0.1) is 0 Å². The van der Waals surface area contributed by atoms with E-state index in [0.717, 1.165) is 58.4 Å². The Hall–Kier alpha value is -5.88. The molecular weight excluding hydrogens is 540 g/mol. The van der Waals surface area contributed by atoms with Crippen LogP contribution in [0.1, 0.15) is 22.3 Å². The molecule has 0 aromatic heterocycles. The summed E-state index contributed by atoms with van der Waals surface area (Å²) >= 11 is 0. The van der Waals surface area contributed by atoms with Gasteiger partial charge >= 0.3 is 0 Å². The summed E-state index contributed by atoms with van der Waals surface area (Å²) in [6, 6.07) is 39.8. The second-order valence-corrected chi connectivity index (χ2v) is 10.6. The van der Waals surface area contributed by atoms with Gasteiger partial charge in [-0.1, -0.05) is 48.5 Å². The average Bonchev–Trinajstić information content (AvgIpc) is 3.04. The molecule has 6 heteroatoms. The number of nitrogen functional groups attached to an aromatic ring is 4. The Bertz CT molecular complexity index is 1630. The molecule has 0 heterocycles. The molecule has 0 amide bonds. The van der Waals surface area contributed by atoms with E-state index < -0.39 is 0 Å². The number of allylic oxidation sites excluding steroid dienone is 4. The maximum atomic E-state index is 5.71. The molecule has 1 aliphatic carbocycles. The van der Waals surface area contributed by atoms with E-state index in [9.17, 15) is 0 Å². The van der Waals surface area contributed by atoms with E-state index in [1.807, 2.05) is 97.1 Å². The first-order valence-electron chi connectivity index (χ1n) is 14.4. The van der Waals surface area contributed by atoms with Crippen molar-refractivity contribution >= 4 is 45.5 Å². The molecular formula is C38H36N6. The van der Waals surface area contributed by atoms with Crippen molar-refractivity contribution in [1.29, 1.82) is 0 Å². The van der Waals surface area contributed by atoms with Crippen molar-refractivity contribution < 1.29 is 0 Å². The van der Waals surface area contributed by atoms with Gasteiger partial charge in [0, 0.05) is 22.7 Å². The lowest BCUT2D eigenvalue weighted by atomic mass is 10.00. The Morgan fingerprint density at radius 3 is 0.818 bits per heavy atom. The third kappa shape index (κ3) is 9.06. The van der Waals surface area contributed by atoms with E-state index in [1.165, 1.54) is 22.3 Å². The predicted molar refractivity (Wildman–Crippen MR) is 188 cm³/mol. The summed E-state index contributed by atoms with van der Waals surface area (Å²) in [6.07, 6.45) is 9.61. The number of rotatable bonds is 6. The Kier molecular flexibility index (Phi) is 9.65. The normalized spacial score (nSPS) is 11.9. The van der Waals surface area contributed by atoms with Crippen molar-refractivity contribution in [3.8, 4) is 0 Å². The summed E-state index contributed by atoms with van der Waals surface area (Å²) in [4.78, 5) is 9.06. The number of aliphatic imine (C=N–C) groups is 2. The SMILES string of the molecule is Nc1ccc(Cc2ccc(Cc3ccc(N)cc3)cc2)cc1.Nc1ccc(N=C2C=CC(=Nc3ccc(N)cc3)C=C2)cc1. The van der Waals surface area contributed by atoms with Gasteiger partial charge in [0.05, 0.1) is 22.8 Å². The van der Waals surface area contributed by atoms with Gasteiger partial charge in [-0.05, 0) is 132 Å². The van der Waals surface area contributed by atoms with E-state index in [1.54, 1.807) is 0 Å². The van der Waals surface area contributed by atoms with Crippen LogP contribution in [0.5, 0.6) is 0 Å². The minimum absolute atomic E-state index is 0.733. The van der Waals surface area contributed by atoms with Crippen molar-refractivity contribution in [2.45, 2.75) is 12.8 Å². The van der Waals surface area contributed by atoms with Crippen LogP contribution in [0.2, 0.25) is 0 Å². The molecule has 0 bridgehead atoms. The second kappa shape index (κ2) is 14.3. The molecule has 0 saturated carbocycles. The number of nitrogens with zero attached hydrogens (tertiary/aromatic N) is 2. The van der Waals surface area contributed by atoms with Crippen molar-refractivity contribution in [2.75, 3.05) is 22.9 Å². The van der Waals surface area contributed by atoms with Gasteiger partial charge in [0.2, 0.25) is 0 Å². The molecule has 0 aliphatic heterocycles. The number of nitrogens with two attached hydrogens (primary N) is 4. The Morgan fingerprint density at radius 1 is 0.318 bits per heavy atom. The first-order chi connectivity index (χ1) is 21.4. The zero-order valence-corrected chi connectivity index (χ0v) is 24.5. The Morgan fingerprint density at radius 2 is 0.545 bits per heavy atom. The van der Waals surface area contributed by atoms with Crippen molar-refractivity contribution in [3.63, 3.8) is 0 Å². The number of benzene rings is 5. The summed E-state index contributed by atoms with van der Waals surface area (Å²) in [5, 5.41) is 0. The molecule has 44 heavy (non-hydrogen) atoms. The zero-order valence-electron chi connectivity index (χ0n) is 24.5. The Labute approximate surface area is 258 Å². The van der Waals surface area contributed by atoms with Gasteiger partial charge < -0.3 is 22.9 Å². The smallest absolute Gasteiger partial charge is 0.0638 e. The topological polar surface area (TPSA) is 129 Å². The molecule has 0 atom stereocenters. The second-order valence-electron chi connectivity index (χ2n) is 10.6. The van der Waals surface area contributed by atoms with E-state index in [2.05, 4.69) is 58.5 Å². The third-order valence-electron chi connectivity index (χ3n) is 6.95. The highest BCUT2D eigenvalue weighted by atomic mass is 14.8. The highest BCUT2D eigenvalue weighted by Crippen LogP contribution is 2.19. The quantitative estimate of drug-likeness (QED) is 0.121. The van der Waals surface area contributed by atoms with Crippen LogP contribution in [-0.2, 0) is 12.8 Å². The van der Waals surface area contributed by atoms with Gasteiger partial charge in [-0.25, -0.2) is 9.98 Å². The number of hydrogen-bond acceptors (Lipinski definition) is 6. The fourth-order valence-electron chi connectivity index (χ4n) is 4.51. The summed E-state index contributed by atoms with van der Waals surface area (Å²) in [7, 11) is 0. The largest absolute Gasteiger partial charge is 0.399 e. The first kappa shape index (κ1) is 29.6. The number of anilines is 4. The van der Waals surface area contributed by atoms with Crippen molar-refractivity contribution in [2.24, 2.45) is 9.98 Å². The van der Waals surface area contributed by atoms with Gasteiger partial charge in [0.15, 0.2) is 0 Å². The molecule has 5 aromatic rings. The van der Waals surface area contributed by atoms with Crippen LogP contribution in [0.25, 0.3) is 0 Å². The highest BCUT2D eigenvalue weighted by Gasteiger charge is 2.02. The van der Waals surface area contributed by atoms with Crippen LogP contribution in [0.4, 0.5) is 34.1 Å². The fourth-order valence-corrected chi connectivity index (χ4v) is 4.51. The molecule has 0 spiro atoms. The van der Waals surface area contributed by atoms with Gasteiger partial charge in [-0.3, -0.25) is 0 Å². The van der Waals surface area contributed by atoms with Crippen LogP contribution in [0.3, 0.4) is 0 Å².